The molecule has 0 aliphatic carbocycles. The summed E-state index contributed by atoms with van der Waals surface area (Å²) >= 11 is 0. The van der Waals surface area contributed by atoms with E-state index in [9.17, 15) is 9.90 Å². The molecule has 0 unspecified atom stereocenters. The number of hydrogen-bond donors (Lipinski definition) is 1. The third kappa shape index (κ3) is 2.67. The van der Waals surface area contributed by atoms with E-state index in [0.29, 0.717) is 25.9 Å². The van der Waals surface area contributed by atoms with Crippen LogP contribution < -0.4 is 0 Å². The summed E-state index contributed by atoms with van der Waals surface area (Å²) in [5.41, 5.74) is 3.10. The number of aliphatic hydroxyl groups excluding tert-OH is 1. The molecule has 1 aromatic carbocycles. The summed E-state index contributed by atoms with van der Waals surface area (Å²) in [6.07, 6.45) is 1.14. The van der Waals surface area contributed by atoms with Crippen LogP contribution in [0.4, 0.5) is 0 Å². The van der Waals surface area contributed by atoms with E-state index in [-0.39, 0.29) is 12.0 Å². The van der Waals surface area contributed by atoms with Gasteiger partial charge in [-0.25, -0.2) is 0 Å². The highest BCUT2D eigenvalue weighted by atomic mass is 16.3. The zero-order valence-corrected chi connectivity index (χ0v) is 10.4. The molecule has 0 spiro atoms. The van der Waals surface area contributed by atoms with E-state index in [1.165, 1.54) is 5.56 Å². The standard InChI is InChI=1S/C14H19NO2/c1-10-3-4-12(9-11(10)2)14(17)15-7-5-13(16)6-8-15/h3-4,9,13,16H,5-8H2,1-2H3. The van der Waals surface area contributed by atoms with Crippen molar-refractivity contribution in [2.75, 3.05) is 13.1 Å². The van der Waals surface area contributed by atoms with Crippen LogP contribution in [-0.4, -0.2) is 35.1 Å². The highest BCUT2D eigenvalue weighted by Crippen LogP contribution is 2.16. The maximum absolute atomic E-state index is 12.2. The first-order valence-electron chi connectivity index (χ1n) is 6.12. The fraction of sp³-hybridized carbons (Fsp3) is 0.500. The average Bonchev–Trinajstić information content (AvgIpc) is 2.33. The molecular formula is C14H19NO2. The smallest absolute Gasteiger partial charge is 0.253 e. The minimum atomic E-state index is -0.237. The molecule has 1 amide bonds. The van der Waals surface area contributed by atoms with Crippen LogP contribution in [0.15, 0.2) is 18.2 Å². The van der Waals surface area contributed by atoms with Gasteiger partial charge in [0.25, 0.3) is 5.91 Å². The van der Waals surface area contributed by atoms with Crippen molar-refractivity contribution in [3.63, 3.8) is 0 Å². The molecule has 2 rings (SSSR count). The molecule has 92 valence electrons. The Hall–Kier alpha value is -1.35. The van der Waals surface area contributed by atoms with Crippen LogP contribution in [0.3, 0.4) is 0 Å². The molecule has 1 heterocycles. The zero-order valence-electron chi connectivity index (χ0n) is 10.4. The van der Waals surface area contributed by atoms with Gasteiger partial charge in [0.1, 0.15) is 0 Å². The van der Waals surface area contributed by atoms with E-state index in [1.54, 1.807) is 0 Å². The molecule has 1 fully saturated rings. The Morgan fingerprint density at radius 1 is 1.24 bits per heavy atom. The van der Waals surface area contributed by atoms with Crippen LogP contribution >= 0.6 is 0 Å². The second-order valence-electron chi connectivity index (χ2n) is 4.82. The number of nitrogens with zero attached hydrogens (tertiary/aromatic N) is 1. The van der Waals surface area contributed by atoms with Crippen LogP contribution in [0, 0.1) is 13.8 Å². The van der Waals surface area contributed by atoms with Crippen LogP contribution in [0.2, 0.25) is 0 Å². The van der Waals surface area contributed by atoms with Gasteiger partial charge in [-0.05, 0) is 49.9 Å². The Labute approximate surface area is 102 Å². The molecular weight excluding hydrogens is 214 g/mol. The summed E-state index contributed by atoms with van der Waals surface area (Å²) in [6.45, 7) is 5.38. The van der Waals surface area contributed by atoms with Gasteiger partial charge in [0.2, 0.25) is 0 Å². The number of carbonyl (C=O) groups is 1. The number of hydrogen-bond acceptors (Lipinski definition) is 2. The van der Waals surface area contributed by atoms with E-state index in [0.717, 1.165) is 11.1 Å². The van der Waals surface area contributed by atoms with Crippen molar-refractivity contribution in [1.29, 1.82) is 0 Å². The molecule has 0 aromatic heterocycles. The van der Waals surface area contributed by atoms with Crippen LogP contribution in [-0.2, 0) is 0 Å². The van der Waals surface area contributed by atoms with Gasteiger partial charge in [-0.3, -0.25) is 4.79 Å². The molecule has 0 radical (unpaired) electrons. The van der Waals surface area contributed by atoms with Gasteiger partial charge in [0, 0.05) is 18.7 Å². The van der Waals surface area contributed by atoms with Crippen molar-refractivity contribution >= 4 is 5.91 Å². The second kappa shape index (κ2) is 4.88. The van der Waals surface area contributed by atoms with E-state index < -0.39 is 0 Å². The molecule has 1 aliphatic rings. The van der Waals surface area contributed by atoms with Crippen molar-refractivity contribution in [2.24, 2.45) is 0 Å². The quantitative estimate of drug-likeness (QED) is 0.804. The van der Waals surface area contributed by atoms with E-state index in [4.69, 9.17) is 0 Å². The summed E-state index contributed by atoms with van der Waals surface area (Å²) in [4.78, 5) is 14.0. The summed E-state index contributed by atoms with van der Waals surface area (Å²) in [5.74, 6) is 0.0833. The fourth-order valence-electron chi connectivity index (χ4n) is 2.13. The van der Waals surface area contributed by atoms with E-state index >= 15 is 0 Å². The average molecular weight is 233 g/mol. The Bertz CT molecular complexity index is 420. The first kappa shape index (κ1) is 12.1. The fourth-order valence-corrected chi connectivity index (χ4v) is 2.13. The van der Waals surface area contributed by atoms with Gasteiger partial charge in [0.15, 0.2) is 0 Å². The van der Waals surface area contributed by atoms with Crippen molar-refractivity contribution in [2.45, 2.75) is 32.8 Å². The van der Waals surface area contributed by atoms with Gasteiger partial charge in [0.05, 0.1) is 6.10 Å². The van der Waals surface area contributed by atoms with Gasteiger partial charge >= 0.3 is 0 Å². The first-order valence-corrected chi connectivity index (χ1v) is 6.12. The van der Waals surface area contributed by atoms with Crippen LogP contribution in [0.5, 0.6) is 0 Å². The van der Waals surface area contributed by atoms with Gasteiger partial charge in [-0.15, -0.1) is 0 Å². The minimum Gasteiger partial charge on any atom is -0.393 e. The van der Waals surface area contributed by atoms with Crippen molar-refractivity contribution in [3.05, 3.63) is 34.9 Å². The maximum Gasteiger partial charge on any atom is 0.253 e. The number of rotatable bonds is 1. The summed E-state index contributed by atoms with van der Waals surface area (Å²) in [7, 11) is 0. The van der Waals surface area contributed by atoms with Crippen molar-refractivity contribution in [3.8, 4) is 0 Å². The lowest BCUT2D eigenvalue weighted by Gasteiger charge is -2.29. The van der Waals surface area contributed by atoms with E-state index in [2.05, 4.69) is 0 Å². The van der Waals surface area contributed by atoms with Crippen molar-refractivity contribution < 1.29 is 9.90 Å². The Kier molecular flexibility index (Phi) is 3.48. The summed E-state index contributed by atoms with van der Waals surface area (Å²) < 4.78 is 0. The maximum atomic E-state index is 12.2. The van der Waals surface area contributed by atoms with Gasteiger partial charge in [-0.1, -0.05) is 6.07 Å². The molecule has 0 bridgehead atoms. The zero-order chi connectivity index (χ0) is 12.4. The third-order valence-corrected chi connectivity index (χ3v) is 3.51. The largest absolute Gasteiger partial charge is 0.393 e. The van der Waals surface area contributed by atoms with Crippen molar-refractivity contribution in [1.82, 2.24) is 4.90 Å². The normalized spacial score (nSPS) is 17.2. The number of benzene rings is 1. The second-order valence-corrected chi connectivity index (χ2v) is 4.82. The van der Waals surface area contributed by atoms with E-state index in [1.807, 2.05) is 36.9 Å². The number of amides is 1. The summed E-state index contributed by atoms with van der Waals surface area (Å²) in [5, 5.41) is 9.42. The predicted octanol–water partition coefficient (Wildman–Crippen LogP) is 1.90. The number of carbonyl (C=O) groups excluding carboxylic acids is 1. The molecule has 1 N–H and O–H groups in total. The molecule has 1 aromatic rings. The minimum absolute atomic E-state index is 0.0833. The Morgan fingerprint density at radius 3 is 2.47 bits per heavy atom. The monoisotopic (exact) mass is 233 g/mol. The summed E-state index contributed by atoms with van der Waals surface area (Å²) in [6, 6.07) is 5.82. The molecule has 0 saturated carbocycles. The molecule has 1 saturated heterocycles. The lowest BCUT2D eigenvalue weighted by atomic mass is 10.0. The number of piperidine rings is 1. The van der Waals surface area contributed by atoms with Gasteiger partial charge < -0.3 is 10.0 Å². The SMILES string of the molecule is Cc1ccc(C(=O)N2CCC(O)CC2)cc1C. The number of aliphatic hydroxyl groups is 1. The van der Waals surface area contributed by atoms with Gasteiger partial charge in [-0.2, -0.15) is 0 Å². The number of likely N-dealkylation sites (tertiary alicyclic amines) is 1. The molecule has 3 nitrogen and oxygen atoms in total. The first-order chi connectivity index (χ1) is 8.08. The molecule has 17 heavy (non-hydrogen) atoms. The topological polar surface area (TPSA) is 40.5 Å². The highest BCUT2D eigenvalue weighted by molar-refractivity contribution is 5.94. The molecule has 0 atom stereocenters. The Morgan fingerprint density at radius 2 is 1.88 bits per heavy atom. The molecule has 1 aliphatic heterocycles. The highest BCUT2D eigenvalue weighted by Gasteiger charge is 2.22. The van der Waals surface area contributed by atoms with Crippen LogP contribution in [0.1, 0.15) is 34.3 Å². The Balaban J connectivity index is 2.11. The molecule has 3 heteroatoms. The lowest BCUT2D eigenvalue weighted by molar-refractivity contribution is 0.0546. The third-order valence-electron chi connectivity index (χ3n) is 3.51. The predicted molar refractivity (Wildman–Crippen MR) is 67.1 cm³/mol. The number of aryl methyl sites for hydroxylation is 2. The van der Waals surface area contributed by atoms with Crippen LogP contribution in [0.25, 0.3) is 0 Å². The lowest BCUT2D eigenvalue weighted by Crippen LogP contribution is -2.40.